The summed E-state index contributed by atoms with van der Waals surface area (Å²) in [7, 11) is 0. The van der Waals surface area contributed by atoms with Crippen molar-refractivity contribution in [3.8, 4) is 11.8 Å². The topological polar surface area (TPSA) is 17.1 Å². The number of fused-ring (bicyclic) bond motifs is 1. The van der Waals surface area contributed by atoms with Crippen LogP contribution in [0.4, 0.5) is 0 Å². The second-order valence-corrected chi connectivity index (χ2v) is 4.55. The van der Waals surface area contributed by atoms with E-state index in [0.717, 1.165) is 17.4 Å². The molecule has 0 atom stereocenters. The fraction of sp³-hybridized carbons (Fsp3) is 0. The van der Waals surface area contributed by atoms with Crippen LogP contribution in [0.5, 0.6) is 0 Å². The normalized spacial score (nSPS) is 9.80. The van der Waals surface area contributed by atoms with E-state index in [4.69, 9.17) is 0 Å². The van der Waals surface area contributed by atoms with Crippen LogP contribution in [0.2, 0.25) is 0 Å². The summed E-state index contributed by atoms with van der Waals surface area (Å²) in [4.78, 5) is 10.6. The molecule has 0 bridgehead atoms. The molecule has 0 saturated heterocycles. The lowest BCUT2D eigenvalue weighted by Crippen LogP contribution is -1.80. The summed E-state index contributed by atoms with van der Waals surface area (Å²) < 4.78 is 0. The summed E-state index contributed by atoms with van der Waals surface area (Å²) in [5.41, 5.74) is 2.56. The van der Waals surface area contributed by atoms with E-state index in [2.05, 4.69) is 36.1 Å². The van der Waals surface area contributed by atoms with E-state index in [9.17, 15) is 4.79 Å². The van der Waals surface area contributed by atoms with Crippen molar-refractivity contribution in [3.63, 3.8) is 0 Å². The SMILES string of the molecule is O=Cc1ccc(C#Cc2ccc3ccccc3c2)cc1. The highest BCUT2D eigenvalue weighted by Crippen LogP contribution is 2.15. The average Bonchev–Trinajstić information content (AvgIpc) is 2.53. The van der Waals surface area contributed by atoms with Crippen molar-refractivity contribution in [2.75, 3.05) is 0 Å². The quantitative estimate of drug-likeness (QED) is 0.474. The van der Waals surface area contributed by atoms with E-state index in [0.29, 0.717) is 5.56 Å². The molecule has 0 aromatic heterocycles. The Kier molecular flexibility index (Phi) is 3.31. The van der Waals surface area contributed by atoms with Crippen molar-refractivity contribution in [2.24, 2.45) is 0 Å². The summed E-state index contributed by atoms with van der Waals surface area (Å²) in [6.07, 6.45) is 0.834. The van der Waals surface area contributed by atoms with E-state index in [1.54, 1.807) is 12.1 Å². The van der Waals surface area contributed by atoms with Gasteiger partial charge in [-0.2, -0.15) is 0 Å². The molecule has 0 aliphatic carbocycles. The van der Waals surface area contributed by atoms with Crippen molar-refractivity contribution >= 4 is 17.1 Å². The summed E-state index contributed by atoms with van der Waals surface area (Å²) in [6, 6.07) is 21.7. The van der Waals surface area contributed by atoms with Gasteiger partial charge in [0.2, 0.25) is 0 Å². The van der Waals surface area contributed by atoms with Gasteiger partial charge in [-0.15, -0.1) is 0 Å². The van der Waals surface area contributed by atoms with Gasteiger partial charge < -0.3 is 0 Å². The third-order valence-corrected chi connectivity index (χ3v) is 3.15. The van der Waals surface area contributed by atoms with Gasteiger partial charge in [0, 0.05) is 16.7 Å². The van der Waals surface area contributed by atoms with Crippen LogP contribution in [-0.4, -0.2) is 6.29 Å². The highest BCUT2D eigenvalue weighted by Gasteiger charge is 1.93. The van der Waals surface area contributed by atoms with E-state index in [1.807, 2.05) is 30.3 Å². The maximum absolute atomic E-state index is 10.6. The van der Waals surface area contributed by atoms with Crippen LogP contribution >= 0.6 is 0 Å². The number of benzene rings is 3. The van der Waals surface area contributed by atoms with Crippen molar-refractivity contribution in [2.45, 2.75) is 0 Å². The molecule has 0 amide bonds. The lowest BCUT2D eigenvalue weighted by atomic mass is 10.1. The Bertz CT molecular complexity index is 818. The van der Waals surface area contributed by atoms with Crippen molar-refractivity contribution in [1.29, 1.82) is 0 Å². The van der Waals surface area contributed by atoms with Gasteiger partial charge in [-0.3, -0.25) is 4.79 Å². The Morgan fingerprint density at radius 1 is 0.700 bits per heavy atom. The number of aldehydes is 1. The number of carbonyl (C=O) groups is 1. The molecule has 0 unspecified atom stereocenters. The lowest BCUT2D eigenvalue weighted by molar-refractivity contribution is 0.112. The third-order valence-electron chi connectivity index (χ3n) is 3.15. The fourth-order valence-electron chi connectivity index (χ4n) is 2.06. The maximum atomic E-state index is 10.6. The van der Waals surface area contributed by atoms with Crippen LogP contribution in [-0.2, 0) is 0 Å². The van der Waals surface area contributed by atoms with Crippen molar-refractivity contribution in [3.05, 3.63) is 83.4 Å². The zero-order valence-corrected chi connectivity index (χ0v) is 10.8. The summed E-state index contributed by atoms with van der Waals surface area (Å²) in [5.74, 6) is 6.26. The second-order valence-electron chi connectivity index (χ2n) is 4.55. The minimum Gasteiger partial charge on any atom is -0.298 e. The minimum absolute atomic E-state index is 0.668. The molecule has 3 rings (SSSR count). The van der Waals surface area contributed by atoms with Crippen LogP contribution in [0.15, 0.2) is 66.7 Å². The largest absolute Gasteiger partial charge is 0.298 e. The van der Waals surface area contributed by atoms with E-state index < -0.39 is 0 Å². The van der Waals surface area contributed by atoms with Crippen LogP contribution in [0, 0.1) is 11.8 Å². The van der Waals surface area contributed by atoms with Crippen molar-refractivity contribution < 1.29 is 4.79 Å². The van der Waals surface area contributed by atoms with Gasteiger partial charge >= 0.3 is 0 Å². The average molecular weight is 256 g/mol. The zero-order valence-electron chi connectivity index (χ0n) is 10.8. The molecular weight excluding hydrogens is 244 g/mol. The van der Waals surface area contributed by atoms with Crippen LogP contribution in [0.1, 0.15) is 21.5 Å². The Labute approximate surface area is 117 Å². The molecular formula is C19H12O. The van der Waals surface area contributed by atoms with Gasteiger partial charge in [-0.1, -0.05) is 54.3 Å². The highest BCUT2D eigenvalue weighted by atomic mass is 16.1. The second kappa shape index (κ2) is 5.42. The van der Waals surface area contributed by atoms with Gasteiger partial charge in [-0.05, 0) is 35.0 Å². The molecule has 0 aliphatic rings. The Morgan fingerprint density at radius 2 is 1.35 bits per heavy atom. The van der Waals surface area contributed by atoms with Crippen LogP contribution in [0.25, 0.3) is 10.8 Å². The van der Waals surface area contributed by atoms with Gasteiger partial charge in [0.1, 0.15) is 6.29 Å². The van der Waals surface area contributed by atoms with Gasteiger partial charge in [0.05, 0.1) is 0 Å². The molecule has 0 spiro atoms. The molecule has 1 nitrogen and oxygen atoms in total. The highest BCUT2D eigenvalue weighted by molar-refractivity contribution is 5.83. The summed E-state index contributed by atoms with van der Waals surface area (Å²) in [6.45, 7) is 0. The molecule has 0 saturated carbocycles. The number of hydrogen-bond acceptors (Lipinski definition) is 1. The first-order valence-corrected chi connectivity index (χ1v) is 6.41. The van der Waals surface area contributed by atoms with Gasteiger partial charge in [0.25, 0.3) is 0 Å². The third kappa shape index (κ3) is 2.60. The minimum atomic E-state index is 0.668. The molecule has 0 aliphatic heterocycles. The summed E-state index contributed by atoms with van der Waals surface area (Å²) >= 11 is 0. The Balaban J connectivity index is 1.92. The molecule has 0 radical (unpaired) electrons. The molecule has 94 valence electrons. The molecule has 0 N–H and O–H groups in total. The number of rotatable bonds is 1. The standard InChI is InChI=1S/C19H12O/c20-14-17-9-6-15(7-10-17)5-8-16-11-12-18-3-1-2-4-19(18)13-16/h1-4,6-7,9-14H. The molecule has 0 heterocycles. The maximum Gasteiger partial charge on any atom is 0.150 e. The molecule has 1 heteroatoms. The lowest BCUT2D eigenvalue weighted by Gasteiger charge is -1.97. The van der Waals surface area contributed by atoms with E-state index in [1.165, 1.54) is 10.8 Å². The van der Waals surface area contributed by atoms with Crippen LogP contribution < -0.4 is 0 Å². The predicted molar refractivity (Wildman–Crippen MR) is 81.8 cm³/mol. The van der Waals surface area contributed by atoms with E-state index >= 15 is 0 Å². The Morgan fingerprint density at radius 3 is 2.10 bits per heavy atom. The Hall–Kier alpha value is -2.85. The van der Waals surface area contributed by atoms with Gasteiger partial charge in [-0.25, -0.2) is 0 Å². The fourth-order valence-corrected chi connectivity index (χ4v) is 2.06. The first kappa shape index (κ1) is 12.2. The van der Waals surface area contributed by atoms with Crippen molar-refractivity contribution in [1.82, 2.24) is 0 Å². The molecule has 3 aromatic carbocycles. The molecule has 3 aromatic rings. The molecule has 20 heavy (non-hydrogen) atoms. The number of hydrogen-bond donors (Lipinski definition) is 0. The first-order chi connectivity index (χ1) is 9.85. The van der Waals surface area contributed by atoms with Gasteiger partial charge in [0.15, 0.2) is 0 Å². The monoisotopic (exact) mass is 256 g/mol. The molecule has 0 fully saturated rings. The van der Waals surface area contributed by atoms with E-state index in [-0.39, 0.29) is 0 Å². The van der Waals surface area contributed by atoms with Crippen LogP contribution in [0.3, 0.4) is 0 Å². The summed E-state index contributed by atoms with van der Waals surface area (Å²) in [5, 5.41) is 2.41. The first-order valence-electron chi connectivity index (χ1n) is 6.41. The smallest absolute Gasteiger partial charge is 0.150 e. The number of carbonyl (C=O) groups excluding carboxylic acids is 1. The predicted octanol–water partition coefficient (Wildman–Crippen LogP) is 4.05. The zero-order chi connectivity index (χ0) is 13.8.